The molecule has 0 saturated heterocycles. The third-order valence-electron chi connectivity index (χ3n) is 5.54. The van der Waals surface area contributed by atoms with Gasteiger partial charge in [0.2, 0.25) is 0 Å². The van der Waals surface area contributed by atoms with Crippen molar-refractivity contribution in [3.8, 4) is 0 Å². The Bertz CT molecular complexity index is 963. The number of nitrogens with two attached hydrogens (primary N) is 1. The van der Waals surface area contributed by atoms with Crippen molar-refractivity contribution in [2.75, 3.05) is 11.1 Å². The van der Waals surface area contributed by atoms with Crippen molar-refractivity contribution in [3.63, 3.8) is 0 Å². The van der Waals surface area contributed by atoms with Gasteiger partial charge in [0.1, 0.15) is 29.3 Å². The number of nitrogen functional groups attached to an aromatic ring is 1. The van der Waals surface area contributed by atoms with Gasteiger partial charge in [0.25, 0.3) is 5.56 Å². The average molecular weight is 374 g/mol. The molecule has 0 radical (unpaired) electrons. The van der Waals surface area contributed by atoms with E-state index in [1.807, 2.05) is 0 Å². The molecule has 3 heterocycles. The Morgan fingerprint density at radius 2 is 1.96 bits per heavy atom. The van der Waals surface area contributed by atoms with Crippen molar-refractivity contribution in [2.45, 2.75) is 51.0 Å². The van der Waals surface area contributed by atoms with Crippen molar-refractivity contribution in [2.24, 2.45) is 0 Å². The molecule has 1 fully saturated rings. The van der Waals surface area contributed by atoms with Gasteiger partial charge in [-0.15, -0.1) is 0 Å². The third-order valence-corrected chi connectivity index (χ3v) is 5.83. The molecule has 8 heteroatoms. The van der Waals surface area contributed by atoms with Crippen LogP contribution in [-0.2, 0) is 5.54 Å². The maximum Gasteiger partial charge on any atom is 0.275 e. The maximum atomic E-state index is 13.2. The van der Waals surface area contributed by atoms with Gasteiger partial charge in [-0.05, 0) is 25.8 Å². The topological polar surface area (TPSA) is 103 Å². The average Bonchev–Trinajstić information content (AvgIpc) is 2.89. The number of hydrogen-bond donors (Lipinski definition) is 2. The fraction of sp³-hybridized carbons (Fsp3) is 0.444. The van der Waals surface area contributed by atoms with Gasteiger partial charge in [-0.3, -0.25) is 14.2 Å². The molecule has 0 amide bonds. The lowest BCUT2D eigenvalue weighted by molar-refractivity contribution is 0.0950. The number of aromatic nitrogens is 3. The molecular weight excluding hydrogens is 354 g/mol. The number of halogens is 1. The van der Waals surface area contributed by atoms with E-state index in [4.69, 9.17) is 17.3 Å². The molecule has 136 valence electrons. The first-order valence-corrected chi connectivity index (χ1v) is 9.14. The van der Waals surface area contributed by atoms with Gasteiger partial charge < -0.3 is 11.1 Å². The van der Waals surface area contributed by atoms with Crippen LogP contribution in [0.15, 0.2) is 17.2 Å². The smallest absolute Gasteiger partial charge is 0.275 e. The summed E-state index contributed by atoms with van der Waals surface area (Å²) in [5.41, 5.74) is 6.41. The lowest BCUT2D eigenvalue weighted by atomic mass is 9.80. The van der Waals surface area contributed by atoms with Crippen LogP contribution in [0.3, 0.4) is 0 Å². The molecule has 1 saturated carbocycles. The second-order valence-electron chi connectivity index (χ2n) is 7.14. The predicted octanol–water partition coefficient (Wildman–Crippen LogP) is 3.17. The monoisotopic (exact) mass is 373 g/mol. The van der Waals surface area contributed by atoms with Crippen molar-refractivity contribution < 1.29 is 4.79 Å². The number of fused-ring (bicyclic) bond motifs is 2. The molecule has 0 bridgehead atoms. The van der Waals surface area contributed by atoms with E-state index in [-0.39, 0.29) is 11.3 Å². The fourth-order valence-electron chi connectivity index (χ4n) is 4.17. The summed E-state index contributed by atoms with van der Waals surface area (Å²) < 4.78 is 1.64. The van der Waals surface area contributed by atoms with Crippen LogP contribution in [0.4, 0.5) is 17.3 Å². The highest BCUT2D eigenvalue weighted by atomic mass is 35.5. The summed E-state index contributed by atoms with van der Waals surface area (Å²) in [4.78, 5) is 33.9. The Balaban J connectivity index is 1.86. The fourth-order valence-corrected chi connectivity index (χ4v) is 4.47. The first-order chi connectivity index (χ1) is 12.4. The number of carbonyl (C=O) groups is 1. The normalized spacial score (nSPS) is 18.2. The van der Waals surface area contributed by atoms with Crippen LogP contribution < -0.4 is 16.6 Å². The number of nitrogens with one attached hydrogen (secondary N) is 1. The highest BCUT2D eigenvalue weighted by Gasteiger charge is 2.46. The number of hydrogen-bond acceptors (Lipinski definition) is 6. The van der Waals surface area contributed by atoms with Gasteiger partial charge in [-0.25, -0.2) is 9.97 Å². The standard InChI is InChI=1S/C18H20ClN5O2/c1-10-15(20)21-9-22-16(10)23-12-7-11(19)14-13(25)8-18(24(14)17(12)26)5-3-2-4-6-18/h7,9H,2-6,8H2,1H3,(H3,20,21,22,23). The number of nitrogens with zero attached hydrogens (tertiary/aromatic N) is 3. The van der Waals surface area contributed by atoms with Crippen molar-refractivity contribution >= 4 is 34.7 Å². The number of carbonyl (C=O) groups excluding carboxylic acids is 1. The minimum atomic E-state index is -0.442. The molecule has 1 aliphatic carbocycles. The Kier molecular flexibility index (Phi) is 3.99. The molecule has 1 spiro atoms. The summed E-state index contributed by atoms with van der Waals surface area (Å²) in [6.45, 7) is 1.77. The highest BCUT2D eigenvalue weighted by molar-refractivity contribution is 6.34. The first-order valence-electron chi connectivity index (χ1n) is 8.76. The van der Waals surface area contributed by atoms with Crippen molar-refractivity contribution in [1.82, 2.24) is 14.5 Å². The van der Waals surface area contributed by atoms with E-state index in [1.54, 1.807) is 11.5 Å². The molecule has 0 unspecified atom stereocenters. The zero-order valence-electron chi connectivity index (χ0n) is 14.5. The van der Waals surface area contributed by atoms with Crippen LogP contribution >= 0.6 is 11.6 Å². The summed E-state index contributed by atoms with van der Waals surface area (Å²) >= 11 is 6.40. The van der Waals surface area contributed by atoms with Crippen LogP contribution in [0, 0.1) is 6.92 Å². The zero-order chi connectivity index (χ0) is 18.5. The number of Topliss-reactive ketones (excluding diaryl/α,β-unsaturated/α-hetero) is 1. The molecule has 2 aromatic heterocycles. The SMILES string of the molecule is Cc1c(N)ncnc1Nc1cc(Cl)c2n(c1=O)C1(CCCCC1)CC2=O. The van der Waals surface area contributed by atoms with Crippen LogP contribution in [0.1, 0.15) is 54.6 Å². The summed E-state index contributed by atoms with van der Waals surface area (Å²) in [5, 5.41) is 3.32. The van der Waals surface area contributed by atoms with E-state index in [0.29, 0.717) is 40.0 Å². The lowest BCUT2D eigenvalue weighted by Gasteiger charge is -2.35. The summed E-state index contributed by atoms with van der Waals surface area (Å²) in [6.07, 6.45) is 6.49. The number of rotatable bonds is 2. The molecule has 4 rings (SSSR count). The van der Waals surface area contributed by atoms with Gasteiger partial charge in [0, 0.05) is 12.0 Å². The van der Waals surface area contributed by atoms with E-state index in [0.717, 1.165) is 32.1 Å². The molecule has 0 atom stereocenters. The van der Waals surface area contributed by atoms with Crippen LogP contribution in [0.2, 0.25) is 5.02 Å². The Morgan fingerprint density at radius 1 is 1.23 bits per heavy atom. The number of ketones is 1. The van der Waals surface area contributed by atoms with E-state index >= 15 is 0 Å². The van der Waals surface area contributed by atoms with Crippen molar-refractivity contribution in [1.29, 1.82) is 0 Å². The van der Waals surface area contributed by atoms with Crippen LogP contribution in [0.25, 0.3) is 0 Å². The molecule has 1 aliphatic heterocycles. The molecule has 2 aromatic rings. The Morgan fingerprint density at radius 3 is 2.69 bits per heavy atom. The maximum absolute atomic E-state index is 13.2. The zero-order valence-corrected chi connectivity index (χ0v) is 15.3. The molecule has 26 heavy (non-hydrogen) atoms. The highest BCUT2D eigenvalue weighted by Crippen LogP contribution is 2.44. The second kappa shape index (κ2) is 6.09. The van der Waals surface area contributed by atoms with E-state index in [2.05, 4.69) is 15.3 Å². The minimum absolute atomic E-state index is 0.0528. The lowest BCUT2D eigenvalue weighted by Crippen LogP contribution is -2.40. The molecule has 3 N–H and O–H groups in total. The molecular formula is C18H20ClN5O2. The minimum Gasteiger partial charge on any atom is -0.383 e. The van der Waals surface area contributed by atoms with E-state index in [1.165, 1.54) is 12.4 Å². The van der Waals surface area contributed by atoms with Crippen LogP contribution in [-0.4, -0.2) is 20.3 Å². The van der Waals surface area contributed by atoms with Gasteiger partial charge in [0.05, 0.1) is 10.6 Å². The van der Waals surface area contributed by atoms with E-state index < -0.39 is 5.54 Å². The number of pyridine rings is 1. The van der Waals surface area contributed by atoms with Crippen molar-refractivity contribution in [3.05, 3.63) is 39.0 Å². The van der Waals surface area contributed by atoms with Gasteiger partial charge in [-0.2, -0.15) is 0 Å². The Labute approximate surface area is 155 Å². The quantitative estimate of drug-likeness (QED) is 0.838. The summed E-state index contributed by atoms with van der Waals surface area (Å²) in [5.74, 6) is 0.741. The second-order valence-corrected chi connectivity index (χ2v) is 7.54. The summed E-state index contributed by atoms with van der Waals surface area (Å²) in [6, 6.07) is 1.51. The number of anilines is 3. The molecule has 7 nitrogen and oxygen atoms in total. The van der Waals surface area contributed by atoms with Gasteiger partial charge >= 0.3 is 0 Å². The van der Waals surface area contributed by atoms with Gasteiger partial charge in [-0.1, -0.05) is 30.9 Å². The summed E-state index contributed by atoms with van der Waals surface area (Å²) in [7, 11) is 0. The van der Waals surface area contributed by atoms with E-state index in [9.17, 15) is 9.59 Å². The van der Waals surface area contributed by atoms with Crippen LogP contribution in [0.5, 0.6) is 0 Å². The molecule has 2 aliphatic rings. The molecule has 0 aromatic carbocycles. The van der Waals surface area contributed by atoms with Gasteiger partial charge in [0.15, 0.2) is 5.78 Å². The Hall–Kier alpha value is -2.41. The predicted molar refractivity (Wildman–Crippen MR) is 100 cm³/mol. The third kappa shape index (κ3) is 2.49. The first kappa shape index (κ1) is 17.0. The largest absolute Gasteiger partial charge is 0.383 e.